The number of carboxylic acids is 1. The topological polar surface area (TPSA) is 61.4 Å². The van der Waals surface area contributed by atoms with Gasteiger partial charge >= 0.3 is 5.97 Å². The molecule has 4 nitrogen and oxygen atoms in total. The van der Waals surface area contributed by atoms with E-state index in [1.165, 1.54) is 32.1 Å². The molecule has 3 N–H and O–H groups in total. The molecule has 0 spiro atoms. The summed E-state index contributed by atoms with van der Waals surface area (Å²) in [4.78, 5) is 12.3. The maximum absolute atomic E-state index is 11.2. The van der Waals surface area contributed by atoms with E-state index in [0.29, 0.717) is 18.0 Å². The first kappa shape index (κ1) is 15.0. The predicted octanol–water partition coefficient (Wildman–Crippen LogP) is 2.77. The fraction of sp³-hybridized carbons (Fsp3) is 0.688. The Labute approximate surface area is 129 Å². The van der Waals surface area contributed by atoms with Crippen molar-refractivity contribution in [1.82, 2.24) is 10.6 Å². The second-order valence-corrected chi connectivity index (χ2v) is 7.22. The SMILES string of the molecule is O=C(O)CC(NC1CCCC1C1CCCN1)c1cccs1. The summed E-state index contributed by atoms with van der Waals surface area (Å²) in [5.41, 5.74) is 0. The first-order valence-electron chi connectivity index (χ1n) is 7.98. The van der Waals surface area contributed by atoms with Crippen molar-refractivity contribution in [2.45, 2.75) is 56.7 Å². The smallest absolute Gasteiger partial charge is 0.305 e. The number of aliphatic carboxylic acids is 1. The van der Waals surface area contributed by atoms with Crippen LogP contribution < -0.4 is 10.6 Å². The van der Waals surface area contributed by atoms with Gasteiger partial charge in [-0.1, -0.05) is 12.5 Å². The van der Waals surface area contributed by atoms with Crippen LogP contribution in [-0.4, -0.2) is 29.7 Å². The zero-order valence-corrected chi connectivity index (χ0v) is 13.1. The van der Waals surface area contributed by atoms with E-state index in [2.05, 4.69) is 10.6 Å². The maximum atomic E-state index is 11.2. The molecule has 1 aliphatic carbocycles. The number of carbonyl (C=O) groups is 1. The maximum Gasteiger partial charge on any atom is 0.305 e. The molecule has 2 aliphatic rings. The van der Waals surface area contributed by atoms with E-state index in [1.54, 1.807) is 11.3 Å². The van der Waals surface area contributed by atoms with Crippen LogP contribution in [0.5, 0.6) is 0 Å². The van der Waals surface area contributed by atoms with E-state index in [0.717, 1.165) is 11.4 Å². The summed E-state index contributed by atoms with van der Waals surface area (Å²) in [6.45, 7) is 1.14. The van der Waals surface area contributed by atoms with Crippen molar-refractivity contribution in [2.75, 3.05) is 6.54 Å². The highest BCUT2D eigenvalue weighted by molar-refractivity contribution is 7.10. The molecule has 0 amide bonds. The fourth-order valence-electron chi connectivity index (χ4n) is 3.92. The summed E-state index contributed by atoms with van der Waals surface area (Å²) in [7, 11) is 0. The summed E-state index contributed by atoms with van der Waals surface area (Å²) in [5, 5.41) is 18.5. The Morgan fingerprint density at radius 1 is 1.43 bits per heavy atom. The molecule has 0 radical (unpaired) electrons. The number of carboxylic acid groups (broad SMARTS) is 1. The van der Waals surface area contributed by atoms with Crippen molar-refractivity contribution >= 4 is 17.3 Å². The van der Waals surface area contributed by atoms with Gasteiger partial charge in [-0.05, 0) is 49.6 Å². The molecule has 2 heterocycles. The van der Waals surface area contributed by atoms with Crippen molar-refractivity contribution in [3.8, 4) is 0 Å². The van der Waals surface area contributed by atoms with Gasteiger partial charge < -0.3 is 15.7 Å². The Morgan fingerprint density at radius 3 is 3.00 bits per heavy atom. The normalized spacial score (nSPS) is 30.6. The summed E-state index contributed by atoms with van der Waals surface area (Å²) < 4.78 is 0. The molecule has 1 saturated heterocycles. The molecule has 1 aromatic heterocycles. The Bertz CT molecular complexity index is 457. The number of nitrogens with one attached hydrogen (secondary N) is 2. The van der Waals surface area contributed by atoms with Gasteiger partial charge in [0, 0.05) is 17.0 Å². The average molecular weight is 308 g/mol. The lowest BCUT2D eigenvalue weighted by molar-refractivity contribution is -0.137. The first-order valence-corrected chi connectivity index (χ1v) is 8.86. The quantitative estimate of drug-likeness (QED) is 0.756. The van der Waals surface area contributed by atoms with E-state index < -0.39 is 5.97 Å². The minimum atomic E-state index is -0.727. The number of rotatable bonds is 6. The minimum absolute atomic E-state index is 0.0468. The molecule has 116 valence electrons. The molecule has 4 atom stereocenters. The Balaban J connectivity index is 1.67. The zero-order valence-electron chi connectivity index (χ0n) is 12.3. The van der Waals surface area contributed by atoms with Crippen LogP contribution in [0.2, 0.25) is 0 Å². The lowest BCUT2D eigenvalue weighted by Gasteiger charge is -2.29. The lowest BCUT2D eigenvalue weighted by atomic mass is 9.92. The van der Waals surface area contributed by atoms with E-state index in [1.807, 2.05) is 17.5 Å². The fourth-order valence-corrected chi connectivity index (χ4v) is 4.71. The van der Waals surface area contributed by atoms with Crippen molar-refractivity contribution in [1.29, 1.82) is 0 Å². The van der Waals surface area contributed by atoms with Crippen molar-refractivity contribution < 1.29 is 9.90 Å². The van der Waals surface area contributed by atoms with Gasteiger partial charge in [-0.2, -0.15) is 0 Å². The summed E-state index contributed by atoms with van der Waals surface area (Å²) in [5.74, 6) is -0.0711. The van der Waals surface area contributed by atoms with E-state index in [4.69, 9.17) is 0 Å². The Hall–Kier alpha value is -0.910. The standard InChI is InChI=1S/C16H24N2O2S/c19-16(20)10-14(15-7-3-9-21-15)18-13-5-1-4-11(13)12-6-2-8-17-12/h3,7,9,11-14,17-18H,1-2,4-6,8,10H2,(H,19,20). The van der Waals surface area contributed by atoms with Gasteiger partial charge in [0.15, 0.2) is 0 Å². The van der Waals surface area contributed by atoms with Crippen molar-refractivity contribution in [3.63, 3.8) is 0 Å². The van der Waals surface area contributed by atoms with E-state index >= 15 is 0 Å². The van der Waals surface area contributed by atoms with Crippen LogP contribution in [0.4, 0.5) is 0 Å². The molecule has 0 aromatic carbocycles. The first-order chi connectivity index (χ1) is 10.2. The summed E-state index contributed by atoms with van der Waals surface area (Å²) in [6, 6.07) is 5.07. The van der Waals surface area contributed by atoms with Crippen LogP contribution in [0.3, 0.4) is 0 Å². The van der Waals surface area contributed by atoms with Crippen LogP contribution in [0.25, 0.3) is 0 Å². The summed E-state index contributed by atoms with van der Waals surface area (Å²) >= 11 is 1.65. The molecule has 1 saturated carbocycles. The number of thiophene rings is 1. The van der Waals surface area contributed by atoms with Crippen LogP contribution in [0.1, 0.15) is 49.4 Å². The van der Waals surface area contributed by atoms with Gasteiger partial charge in [-0.3, -0.25) is 4.79 Å². The monoisotopic (exact) mass is 308 g/mol. The Morgan fingerprint density at radius 2 is 2.33 bits per heavy atom. The molecule has 1 aromatic rings. The highest BCUT2D eigenvalue weighted by Crippen LogP contribution is 2.34. The zero-order chi connectivity index (χ0) is 14.7. The third-order valence-electron chi connectivity index (χ3n) is 4.87. The molecule has 21 heavy (non-hydrogen) atoms. The van der Waals surface area contributed by atoms with E-state index in [-0.39, 0.29) is 12.5 Å². The predicted molar refractivity (Wildman–Crippen MR) is 84.6 cm³/mol. The number of hydrogen-bond donors (Lipinski definition) is 3. The summed E-state index contributed by atoms with van der Waals surface area (Å²) in [6.07, 6.45) is 6.40. The molecule has 3 rings (SSSR count). The van der Waals surface area contributed by atoms with Crippen molar-refractivity contribution in [2.24, 2.45) is 5.92 Å². The van der Waals surface area contributed by atoms with Gasteiger partial charge in [0.2, 0.25) is 0 Å². The molecule has 5 heteroatoms. The molecule has 1 aliphatic heterocycles. The minimum Gasteiger partial charge on any atom is -0.481 e. The molecular weight excluding hydrogens is 284 g/mol. The third-order valence-corrected chi connectivity index (χ3v) is 5.85. The number of hydrogen-bond acceptors (Lipinski definition) is 4. The largest absolute Gasteiger partial charge is 0.481 e. The second-order valence-electron chi connectivity index (χ2n) is 6.24. The average Bonchev–Trinajstić information content (AvgIpc) is 3.20. The molecular formula is C16H24N2O2S. The van der Waals surface area contributed by atoms with Crippen LogP contribution in [0, 0.1) is 5.92 Å². The van der Waals surface area contributed by atoms with E-state index in [9.17, 15) is 9.90 Å². The van der Waals surface area contributed by atoms with Gasteiger partial charge in [0.25, 0.3) is 0 Å². The second kappa shape index (κ2) is 6.90. The molecule has 0 bridgehead atoms. The van der Waals surface area contributed by atoms with Crippen LogP contribution >= 0.6 is 11.3 Å². The molecule has 4 unspecified atom stereocenters. The molecule has 2 fully saturated rings. The van der Waals surface area contributed by atoms with Gasteiger partial charge in [0.1, 0.15) is 0 Å². The van der Waals surface area contributed by atoms with Gasteiger partial charge in [-0.25, -0.2) is 0 Å². The van der Waals surface area contributed by atoms with Crippen molar-refractivity contribution in [3.05, 3.63) is 22.4 Å². The van der Waals surface area contributed by atoms with Gasteiger partial charge in [0.05, 0.1) is 12.5 Å². The Kier molecular flexibility index (Phi) is 4.93. The lowest BCUT2D eigenvalue weighted by Crippen LogP contribution is -2.43. The third kappa shape index (κ3) is 3.65. The highest BCUT2D eigenvalue weighted by Gasteiger charge is 2.36. The highest BCUT2D eigenvalue weighted by atomic mass is 32.1. The van der Waals surface area contributed by atoms with Crippen LogP contribution in [-0.2, 0) is 4.79 Å². The van der Waals surface area contributed by atoms with Gasteiger partial charge in [-0.15, -0.1) is 11.3 Å². The van der Waals surface area contributed by atoms with Crippen LogP contribution in [0.15, 0.2) is 17.5 Å².